The van der Waals surface area contributed by atoms with Crippen molar-refractivity contribution in [1.82, 2.24) is 0 Å². The van der Waals surface area contributed by atoms with Crippen molar-refractivity contribution in [2.24, 2.45) is 0 Å². The maximum Gasteiger partial charge on any atom is 0.161 e. The first-order valence-corrected chi connectivity index (χ1v) is 6.08. The van der Waals surface area contributed by atoms with E-state index in [1.54, 1.807) is 0 Å². The first-order chi connectivity index (χ1) is 8.28. The van der Waals surface area contributed by atoms with E-state index < -0.39 is 5.60 Å². The van der Waals surface area contributed by atoms with E-state index in [9.17, 15) is 5.11 Å². The number of rotatable bonds is 1. The van der Waals surface area contributed by atoms with Crippen molar-refractivity contribution in [3.63, 3.8) is 0 Å². The van der Waals surface area contributed by atoms with Gasteiger partial charge in [-0.1, -0.05) is 18.2 Å². The van der Waals surface area contributed by atoms with Gasteiger partial charge in [-0.05, 0) is 37.0 Å². The summed E-state index contributed by atoms with van der Waals surface area (Å²) >= 11 is 0. The van der Waals surface area contributed by atoms with Crippen molar-refractivity contribution in [3.05, 3.63) is 35.9 Å². The Kier molecular flexibility index (Phi) is 2.56. The Hall–Kier alpha value is -1.48. The first kappa shape index (κ1) is 10.7. The summed E-state index contributed by atoms with van der Waals surface area (Å²) in [5.41, 5.74) is 0.0476. The summed E-state index contributed by atoms with van der Waals surface area (Å²) in [6, 6.07) is 5.69. The van der Waals surface area contributed by atoms with Crippen molar-refractivity contribution in [2.75, 3.05) is 13.2 Å². The molecule has 0 saturated heterocycles. The van der Waals surface area contributed by atoms with Crippen molar-refractivity contribution in [3.8, 4) is 11.5 Å². The van der Waals surface area contributed by atoms with Crippen LogP contribution in [-0.2, 0) is 5.60 Å². The number of benzene rings is 1. The van der Waals surface area contributed by atoms with Gasteiger partial charge in [-0.15, -0.1) is 0 Å². The molecule has 1 aromatic carbocycles. The highest BCUT2D eigenvalue weighted by atomic mass is 16.6. The zero-order valence-corrected chi connectivity index (χ0v) is 9.69. The van der Waals surface area contributed by atoms with Gasteiger partial charge in [0.1, 0.15) is 18.8 Å². The van der Waals surface area contributed by atoms with Gasteiger partial charge < -0.3 is 14.6 Å². The third-order valence-corrected chi connectivity index (χ3v) is 3.36. The average Bonchev–Trinajstić information content (AvgIpc) is 2.39. The largest absolute Gasteiger partial charge is 0.486 e. The van der Waals surface area contributed by atoms with Gasteiger partial charge in [0.05, 0.1) is 0 Å². The Labute approximate surface area is 101 Å². The fourth-order valence-electron chi connectivity index (χ4n) is 2.40. The maximum absolute atomic E-state index is 10.6. The molecule has 1 aliphatic heterocycles. The molecule has 17 heavy (non-hydrogen) atoms. The molecular formula is C14H16O3. The van der Waals surface area contributed by atoms with Crippen LogP contribution in [0.2, 0.25) is 0 Å². The smallest absolute Gasteiger partial charge is 0.161 e. The fraction of sp³-hybridized carbons (Fsp3) is 0.429. The van der Waals surface area contributed by atoms with Gasteiger partial charge in [0.2, 0.25) is 0 Å². The molecule has 3 nitrogen and oxygen atoms in total. The van der Waals surface area contributed by atoms with Crippen molar-refractivity contribution in [2.45, 2.75) is 24.9 Å². The van der Waals surface area contributed by atoms with Crippen LogP contribution in [0.15, 0.2) is 30.4 Å². The van der Waals surface area contributed by atoms with Gasteiger partial charge in [0.25, 0.3) is 0 Å². The third-order valence-electron chi connectivity index (χ3n) is 3.36. The van der Waals surface area contributed by atoms with E-state index in [-0.39, 0.29) is 0 Å². The molecule has 1 unspecified atom stereocenters. The van der Waals surface area contributed by atoms with Crippen LogP contribution in [0.5, 0.6) is 11.5 Å². The van der Waals surface area contributed by atoms with Gasteiger partial charge in [0, 0.05) is 0 Å². The lowest BCUT2D eigenvalue weighted by atomic mass is 9.84. The van der Waals surface area contributed by atoms with Crippen LogP contribution < -0.4 is 9.47 Å². The van der Waals surface area contributed by atoms with E-state index in [0.717, 1.165) is 36.3 Å². The van der Waals surface area contributed by atoms with Gasteiger partial charge in [-0.3, -0.25) is 0 Å². The normalized spacial score (nSPS) is 26.9. The lowest BCUT2D eigenvalue weighted by Crippen LogP contribution is -2.25. The molecule has 0 fully saturated rings. The summed E-state index contributed by atoms with van der Waals surface area (Å²) in [4.78, 5) is 0. The molecule has 0 saturated carbocycles. The monoisotopic (exact) mass is 232 g/mol. The van der Waals surface area contributed by atoms with Crippen molar-refractivity contribution >= 4 is 0 Å². The molecule has 90 valence electrons. The van der Waals surface area contributed by atoms with Crippen LogP contribution in [0.4, 0.5) is 0 Å². The summed E-state index contributed by atoms with van der Waals surface area (Å²) in [5, 5.41) is 10.6. The van der Waals surface area contributed by atoms with E-state index in [0.29, 0.717) is 13.2 Å². The number of hydrogen-bond donors (Lipinski definition) is 1. The highest BCUT2D eigenvalue weighted by Gasteiger charge is 2.29. The quantitative estimate of drug-likeness (QED) is 0.755. The van der Waals surface area contributed by atoms with Gasteiger partial charge in [-0.25, -0.2) is 0 Å². The molecule has 2 aliphatic rings. The van der Waals surface area contributed by atoms with E-state index in [4.69, 9.17) is 9.47 Å². The summed E-state index contributed by atoms with van der Waals surface area (Å²) in [6.45, 7) is 1.17. The molecule has 3 heteroatoms. The number of fused-ring (bicyclic) bond motifs is 1. The molecule has 0 spiro atoms. The van der Waals surface area contributed by atoms with E-state index in [1.807, 2.05) is 30.4 Å². The summed E-state index contributed by atoms with van der Waals surface area (Å²) in [6.07, 6.45) is 6.76. The number of aliphatic hydroxyl groups is 1. The lowest BCUT2D eigenvalue weighted by Gasteiger charge is -2.29. The lowest BCUT2D eigenvalue weighted by molar-refractivity contribution is 0.0717. The number of allylic oxidation sites excluding steroid dienone is 1. The zero-order chi connectivity index (χ0) is 11.7. The molecule has 1 heterocycles. The van der Waals surface area contributed by atoms with Gasteiger partial charge in [0.15, 0.2) is 11.5 Å². The standard InChI is InChI=1S/C14H16O3/c15-14(6-2-1-3-7-14)11-4-5-12-13(10-11)17-9-8-16-12/h2,4-6,10,15H,1,3,7-9H2. The predicted octanol–water partition coefficient (Wildman–Crippen LogP) is 2.39. The Bertz CT molecular complexity index is 453. The molecule has 1 N–H and O–H groups in total. The topological polar surface area (TPSA) is 38.7 Å². The van der Waals surface area contributed by atoms with Crippen LogP contribution in [-0.4, -0.2) is 18.3 Å². The van der Waals surface area contributed by atoms with Crippen LogP contribution in [0, 0.1) is 0 Å². The number of ether oxygens (including phenoxy) is 2. The maximum atomic E-state index is 10.6. The zero-order valence-electron chi connectivity index (χ0n) is 9.69. The van der Waals surface area contributed by atoms with Crippen LogP contribution in [0.3, 0.4) is 0 Å². The average molecular weight is 232 g/mol. The van der Waals surface area contributed by atoms with Crippen LogP contribution in [0.25, 0.3) is 0 Å². The first-order valence-electron chi connectivity index (χ1n) is 6.08. The number of hydrogen-bond acceptors (Lipinski definition) is 3. The minimum Gasteiger partial charge on any atom is -0.486 e. The van der Waals surface area contributed by atoms with Gasteiger partial charge >= 0.3 is 0 Å². The van der Waals surface area contributed by atoms with Crippen LogP contribution >= 0.6 is 0 Å². The second-order valence-electron chi connectivity index (χ2n) is 4.58. The molecule has 0 bridgehead atoms. The molecule has 3 rings (SSSR count). The summed E-state index contributed by atoms with van der Waals surface area (Å²) in [5.74, 6) is 1.50. The Morgan fingerprint density at radius 2 is 1.94 bits per heavy atom. The predicted molar refractivity (Wildman–Crippen MR) is 64.3 cm³/mol. The van der Waals surface area contributed by atoms with E-state index in [2.05, 4.69) is 0 Å². The molecule has 1 aliphatic carbocycles. The van der Waals surface area contributed by atoms with Crippen molar-refractivity contribution < 1.29 is 14.6 Å². The molecule has 1 atom stereocenters. The SMILES string of the molecule is OC1(c2ccc3c(c2)OCCO3)C=CCCC1. The Balaban J connectivity index is 1.98. The second kappa shape index (κ2) is 4.08. The van der Waals surface area contributed by atoms with Crippen molar-refractivity contribution in [1.29, 1.82) is 0 Å². The van der Waals surface area contributed by atoms with E-state index in [1.165, 1.54) is 0 Å². The fourth-order valence-corrected chi connectivity index (χ4v) is 2.40. The Morgan fingerprint density at radius 1 is 1.12 bits per heavy atom. The molecule has 0 radical (unpaired) electrons. The minimum atomic E-state index is -0.839. The van der Waals surface area contributed by atoms with Crippen LogP contribution in [0.1, 0.15) is 24.8 Å². The highest BCUT2D eigenvalue weighted by molar-refractivity contribution is 5.46. The molecular weight excluding hydrogens is 216 g/mol. The van der Waals surface area contributed by atoms with Gasteiger partial charge in [-0.2, -0.15) is 0 Å². The Morgan fingerprint density at radius 3 is 2.71 bits per heavy atom. The minimum absolute atomic E-state index is 0.574. The molecule has 1 aromatic rings. The third kappa shape index (κ3) is 1.91. The van der Waals surface area contributed by atoms with E-state index >= 15 is 0 Å². The highest BCUT2D eigenvalue weighted by Crippen LogP contribution is 2.38. The summed E-state index contributed by atoms with van der Waals surface area (Å²) in [7, 11) is 0. The molecule has 0 aromatic heterocycles. The summed E-state index contributed by atoms with van der Waals surface area (Å²) < 4.78 is 11.0. The second-order valence-corrected chi connectivity index (χ2v) is 4.58. The molecule has 0 amide bonds.